The molecule has 0 heterocycles. The first-order valence-corrected chi connectivity index (χ1v) is 20.5. The van der Waals surface area contributed by atoms with Gasteiger partial charge in [0.15, 0.2) is 6.10 Å². The smallest absolute Gasteiger partial charge is 0.306 e. The molecule has 0 unspecified atom stereocenters. The summed E-state index contributed by atoms with van der Waals surface area (Å²) in [6, 6.07) is 0. The summed E-state index contributed by atoms with van der Waals surface area (Å²) in [7, 11) is 0. The van der Waals surface area contributed by atoms with Crippen molar-refractivity contribution in [2.75, 3.05) is 13.2 Å². The lowest BCUT2D eigenvalue weighted by Gasteiger charge is -2.18. The van der Waals surface area contributed by atoms with E-state index < -0.39 is 6.10 Å². The van der Waals surface area contributed by atoms with Gasteiger partial charge in [-0.15, -0.1) is 0 Å². The summed E-state index contributed by atoms with van der Waals surface area (Å²) in [6.45, 7) is 6.55. The molecule has 6 nitrogen and oxygen atoms in total. The summed E-state index contributed by atoms with van der Waals surface area (Å²) < 4.78 is 16.5. The zero-order valence-corrected chi connectivity index (χ0v) is 31.6. The van der Waals surface area contributed by atoms with Gasteiger partial charge >= 0.3 is 17.9 Å². The summed E-state index contributed by atoms with van der Waals surface area (Å²) >= 11 is 0. The lowest BCUT2D eigenvalue weighted by Crippen LogP contribution is -2.30. The van der Waals surface area contributed by atoms with Gasteiger partial charge in [-0.05, 0) is 19.3 Å². The molecule has 278 valence electrons. The monoisotopic (exact) mass is 667 g/mol. The zero-order chi connectivity index (χ0) is 34.5. The molecular weight excluding hydrogens is 588 g/mol. The highest BCUT2D eigenvalue weighted by Crippen LogP contribution is 2.15. The lowest BCUT2D eigenvalue weighted by molar-refractivity contribution is -0.167. The standard InChI is InChI=1S/C41H78O6/c1-4-7-10-13-15-17-19-20-22-24-26-29-32-35-41(44)47-38(36-45-39(42)33-30-27-12-9-6-3)37-46-40(43)34-31-28-25-23-21-18-16-14-11-8-5-2/h38H,4-37H2,1-3H3/t38-/m0/s1. The van der Waals surface area contributed by atoms with Crippen LogP contribution in [0.1, 0.15) is 226 Å². The van der Waals surface area contributed by atoms with Gasteiger partial charge in [-0.2, -0.15) is 0 Å². The van der Waals surface area contributed by atoms with E-state index in [0.717, 1.165) is 64.2 Å². The van der Waals surface area contributed by atoms with Gasteiger partial charge < -0.3 is 14.2 Å². The molecule has 0 aromatic heterocycles. The van der Waals surface area contributed by atoms with Crippen LogP contribution in [0.4, 0.5) is 0 Å². The first kappa shape index (κ1) is 45.4. The summed E-state index contributed by atoms with van der Waals surface area (Å²) in [5.74, 6) is -0.873. The molecule has 0 aliphatic carbocycles. The Morgan fingerprint density at radius 3 is 0.851 bits per heavy atom. The molecule has 0 amide bonds. The quantitative estimate of drug-likeness (QED) is 0.0373. The molecule has 0 saturated heterocycles. The third kappa shape index (κ3) is 35.5. The predicted molar refractivity (Wildman–Crippen MR) is 197 cm³/mol. The van der Waals surface area contributed by atoms with E-state index in [1.807, 2.05) is 0 Å². The van der Waals surface area contributed by atoms with Crippen LogP contribution in [0.2, 0.25) is 0 Å². The van der Waals surface area contributed by atoms with Crippen molar-refractivity contribution in [2.45, 2.75) is 232 Å². The minimum absolute atomic E-state index is 0.0645. The molecule has 0 aromatic rings. The Labute approximate surface area is 291 Å². The van der Waals surface area contributed by atoms with Crippen molar-refractivity contribution >= 4 is 17.9 Å². The number of hydrogen-bond acceptors (Lipinski definition) is 6. The van der Waals surface area contributed by atoms with Crippen LogP contribution in [0.15, 0.2) is 0 Å². The van der Waals surface area contributed by atoms with Crippen LogP contribution in [0.3, 0.4) is 0 Å². The summed E-state index contributed by atoms with van der Waals surface area (Å²) in [5, 5.41) is 0. The molecule has 0 aliphatic heterocycles. The molecule has 0 rings (SSSR count). The second-order valence-electron chi connectivity index (χ2n) is 13.9. The van der Waals surface area contributed by atoms with Gasteiger partial charge in [-0.25, -0.2) is 0 Å². The predicted octanol–water partition coefficient (Wildman–Crippen LogP) is 12.5. The third-order valence-electron chi connectivity index (χ3n) is 9.11. The Balaban J connectivity index is 4.23. The number of carbonyl (C=O) groups excluding carboxylic acids is 3. The van der Waals surface area contributed by atoms with Crippen LogP contribution < -0.4 is 0 Å². The fraction of sp³-hybridized carbons (Fsp3) is 0.927. The van der Waals surface area contributed by atoms with Crippen molar-refractivity contribution in [3.63, 3.8) is 0 Å². The van der Waals surface area contributed by atoms with Gasteiger partial charge in [-0.3, -0.25) is 14.4 Å². The van der Waals surface area contributed by atoms with Crippen LogP contribution in [-0.4, -0.2) is 37.2 Å². The Bertz CT molecular complexity index is 693. The topological polar surface area (TPSA) is 78.9 Å². The van der Waals surface area contributed by atoms with E-state index in [1.165, 1.54) is 122 Å². The molecule has 0 aromatic carbocycles. The minimum Gasteiger partial charge on any atom is -0.462 e. The molecule has 0 saturated carbocycles. The van der Waals surface area contributed by atoms with Gasteiger partial charge in [0, 0.05) is 19.3 Å². The first-order valence-electron chi connectivity index (χ1n) is 20.5. The highest BCUT2D eigenvalue weighted by atomic mass is 16.6. The van der Waals surface area contributed by atoms with E-state index in [0.29, 0.717) is 19.3 Å². The molecule has 0 bridgehead atoms. The average Bonchev–Trinajstić information content (AvgIpc) is 3.06. The van der Waals surface area contributed by atoms with Crippen molar-refractivity contribution in [1.29, 1.82) is 0 Å². The number of hydrogen-bond donors (Lipinski definition) is 0. The van der Waals surface area contributed by atoms with E-state index in [9.17, 15) is 14.4 Å². The van der Waals surface area contributed by atoms with Crippen molar-refractivity contribution in [1.82, 2.24) is 0 Å². The molecule has 0 fully saturated rings. The van der Waals surface area contributed by atoms with Gasteiger partial charge in [0.1, 0.15) is 13.2 Å². The Hall–Kier alpha value is -1.59. The second-order valence-corrected chi connectivity index (χ2v) is 13.9. The minimum atomic E-state index is -0.755. The zero-order valence-electron chi connectivity index (χ0n) is 31.6. The van der Waals surface area contributed by atoms with Crippen LogP contribution in [0.5, 0.6) is 0 Å². The Morgan fingerprint density at radius 1 is 0.340 bits per heavy atom. The Morgan fingerprint density at radius 2 is 0.574 bits per heavy atom. The highest BCUT2D eigenvalue weighted by Gasteiger charge is 2.19. The first-order chi connectivity index (χ1) is 23.0. The van der Waals surface area contributed by atoms with Crippen LogP contribution in [0, 0.1) is 0 Å². The van der Waals surface area contributed by atoms with Crippen molar-refractivity contribution in [3.8, 4) is 0 Å². The number of rotatable bonds is 37. The molecule has 0 aliphatic rings. The molecule has 0 N–H and O–H groups in total. The van der Waals surface area contributed by atoms with E-state index in [4.69, 9.17) is 14.2 Å². The average molecular weight is 667 g/mol. The number of unbranched alkanes of at least 4 members (excludes halogenated alkanes) is 26. The lowest BCUT2D eigenvalue weighted by atomic mass is 10.0. The molecule has 1 atom stereocenters. The number of carbonyl (C=O) groups is 3. The van der Waals surface area contributed by atoms with E-state index >= 15 is 0 Å². The molecular formula is C41H78O6. The molecule has 0 spiro atoms. The second kappa shape index (κ2) is 37.2. The largest absolute Gasteiger partial charge is 0.462 e. The summed E-state index contributed by atoms with van der Waals surface area (Å²) in [4.78, 5) is 37.3. The maximum Gasteiger partial charge on any atom is 0.306 e. The maximum absolute atomic E-state index is 12.6. The van der Waals surface area contributed by atoms with E-state index in [1.54, 1.807) is 0 Å². The maximum atomic E-state index is 12.6. The summed E-state index contributed by atoms with van der Waals surface area (Å²) in [5.41, 5.74) is 0. The molecule has 0 radical (unpaired) electrons. The fourth-order valence-corrected chi connectivity index (χ4v) is 5.97. The SMILES string of the molecule is CCCCCCCCCCCCCCCC(=O)O[C@@H](COC(=O)CCCCCCC)COC(=O)CCCCCCCCCCCCC. The Kier molecular flexibility index (Phi) is 36.0. The molecule has 47 heavy (non-hydrogen) atoms. The summed E-state index contributed by atoms with van der Waals surface area (Å²) in [6.07, 6.45) is 35.4. The fourth-order valence-electron chi connectivity index (χ4n) is 5.97. The number of ether oxygens (including phenoxy) is 3. The van der Waals surface area contributed by atoms with Crippen molar-refractivity contribution < 1.29 is 28.6 Å². The highest BCUT2D eigenvalue weighted by molar-refractivity contribution is 5.71. The van der Waals surface area contributed by atoms with Crippen molar-refractivity contribution in [2.24, 2.45) is 0 Å². The van der Waals surface area contributed by atoms with Crippen molar-refractivity contribution in [3.05, 3.63) is 0 Å². The van der Waals surface area contributed by atoms with Gasteiger partial charge in [-0.1, -0.05) is 188 Å². The van der Waals surface area contributed by atoms with Crippen LogP contribution in [-0.2, 0) is 28.6 Å². The van der Waals surface area contributed by atoms with Gasteiger partial charge in [0.05, 0.1) is 0 Å². The number of esters is 3. The van der Waals surface area contributed by atoms with Gasteiger partial charge in [0.25, 0.3) is 0 Å². The molecule has 6 heteroatoms. The van der Waals surface area contributed by atoms with Crippen LogP contribution >= 0.6 is 0 Å². The normalized spacial score (nSPS) is 11.8. The van der Waals surface area contributed by atoms with Gasteiger partial charge in [0.2, 0.25) is 0 Å². The van der Waals surface area contributed by atoms with Crippen LogP contribution in [0.25, 0.3) is 0 Å². The van der Waals surface area contributed by atoms with E-state index in [-0.39, 0.29) is 31.1 Å². The third-order valence-corrected chi connectivity index (χ3v) is 9.11. The van der Waals surface area contributed by atoms with E-state index in [2.05, 4.69) is 20.8 Å².